The van der Waals surface area contributed by atoms with Crippen molar-refractivity contribution in [3.8, 4) is 11.4 Å². The van der Waals surface area contributed by atoms with E-state index in [4.69, 9.17) is 28.3 Å². The van der Waals surface area contributed by atoms with Crippen LogP contribution >= 0.6 is 23.8 Å². The van der Waals surface area contributed by atoms with Crippen molar-refractivity contribution in [1.29, 1.82) is 0 Å². The third-order valence-electron chi connectivity index (χ3n) is 5.51. The van der Waals surface area contributed by atoms with Crippen LogP contribution in [0.2, 0.25) is 5.02 Å². The Morgan fingerprint density at radius 2 is 1.74 bits per heavy atom. The summed E-state index contributed by atoms with van der Waals surface area (Å²) in [7, 11) is 0. The van der Waals surface area contributed by atoms with Crippen molar-refractivity contribution >= 4 is 40.2 Å². The molecule has 5 nitrogen and oxygen atoms in total. The van der Waals surface area contributed by atoms with E-state index in [2.05, 4.69) is 15.5 Å². The van der Waals surface area contributed by atoms with Gasteiger partial charge in [0, 0.05) is 22.0 Å². The van der Waals surface area contributed by atoms with Crippen LogP contribution in [0.5, 0.6) is 0 Å². The molecule has 1 N–H and O–H groups in total. The zero-order chi connectivity index (χ0) is 23.8. The SMILES string of the molecule is CC1=C(c2nc(-c3ccc(Cl)cc3)no2)C(c2cccc(F)c2)NC(=S)N1c1ccc(F)cc1. The van der Waals surface area contributed by atoms with Crippen LogP contribution in [0.1, 0.15) is 24.4 Å². The van der Waals surface area contributed by atoms with E-state index in [1.54, 1.807) is 53.4 Å². The molecule has 0 saturated heterocycles. The quantitative estimate of drug-likeness (QED) is 0.325. The second-order valence-corrected chi connectivity index (χ2v) is 8.50. The van der Waals surface area contributed by atoms with Gasteiger partial charge in [-0.05, 0) is 85.4 Å². The second kappa shape index (κ2) is 8.96. The zero-order valence-corrected chi connectivity index (χ0v) is 19.4. The summed E-state index contributed by atoms with van der Waals surface area (Å²) in [6.07, 6.45) is 0. The van der Waals surface area contributed by atoms with Crippen molar-refractivity contribution in [3.05, 3.63) is 107 Å². The fourth-order valence-electron chi connectivity index (χ4n) is 3.91. The molecule has 1 atom stereocenters. The number of hydrogen-bond acceptors (Lipinski definition) is 4. The van der Waals surface area contributed by atoms with Crippen LogP contribution < -0.4 is 10.2 Å². The summed E-state index contributed by atoms with van der Waals surface area (Å²) in [6.45, 7) is 1.85. The molecule has 1 unspecified atom stereocenters. The van der Waals surface area contributed by atoms with Crippen molar-refractivity contribution in [2.24, 2.45) is 0 Å². The van der Waals surface area contributed by atoms with E-state index in [1.807, 2.05) is 6.92 Å². The van der Waals surface area contributed by atoms with Gasteiger partial charge in [-0.3, -0.25) is 4.90 Å². The van der Waals surface area contributed by atoms with E-state index >= 15 is 0 Å². The van der Waals surface area contributed by atoms with E-state index in [0.29, 0.717) is 38.5 Å². The van der Waals surface area contributed by atoms with Crippen LogP contribution in [-0.2, 0) is 0 Å². The van der Waals surface area contributed by atoms with Crippen LogP contribution in [0.25, 0.3) is 17.0 Å². The fourth-order valence-corrected chi connectivity index (χ4v) is 4.39. The molecule has 1 aliphatic heterocycles. The summed E-state index contributed by atoms with van der Waals surface area (Å²) >= 11 is 11.6. The molecule has 1 aliphatic rings. The average molecular weight is 495 g/mol. The Kier molecular flexibility index (Phi) is 5.85. The van der Waals surface area contributed by atoms with Crippen LogP contribution in [0, 0.1) is 11.6 Å². The Morgan fingerprint density at radius 3 is 2.44 bits per heavy atom. The van der Waals surface area contributed by atoms with Gasteiger partial charge in [0.1, 0.15) is 11.6 Å². The van der Waals surface area contributed by atoms with Crippen LogP contribution in [0.15, 0.2) is 83.0 Å². The van der Waals surface area contributed by atoms with Crippen LogP contribution in [0.3, 0.4) is 0 Å². The molecule has 0 bridgehead atoms. The Morgan fingerprint density at radius 1 is 1.00 bits per heavy atom. The molecule has 1 aromatic heterocycles. The van der Waals surface area contributed by atoms with Gasteiger partial charge in [-0.15, -0.1) is 0 Å². The number of aromatic nitrogens is 2. The van der Waals surface area contributed by atoms with Crippen molar-refractivity contribution < 1.29 is 13.3 Å². The minimum atomic E-state index is -0.543. The molecule has 0 amide bonds. The highest BCUT2D eigenvalue weighted by molar-refractivity contribution is 7.80. The normalized spacial score (nSPS) is 16.1. The molecule has 3 aromatic carbocycles. The molecular formula is C25H17ClF2N4OS. The monoisotopic (exact) mass is 494 g/mol. The zero-order valence-electron chi connectivity index (χ0n) is 17.8. The first-order valence-electron chi connectivity index (χ1n) is 10.3. The topological polar surface area (TPSA) is 54.2 Å². The average Bonchev–Trinajstić information content (AvgIpc) is 3.30. The summed E-state index contributed by atoms with van der Waals surface area (Å²) in [4.78, 5) is 6.36. The molecule has 4 aromatic rings. The lowest BCUT2D eigenvalue weighted by Crippen LogP contribution is -2.46. The third-order valence-corrected chi connectivity index (χ3v) is 6.06. The van der Waals surface area contributed by atoms with Gasteiger partial charge in [0.2, 0.25) is 5.82 Å². The Balaban J connectivity index is 1.65. The number of benzene rings is 3. The number of halogens is 3. The molecule has 0 saturated carbocycles. The predicted octanol–water partition coefficient (Wildman–Crippen LogP) is 6.54. The molecular weight excluding hydrogens is 478 g/mol. The van der Waals surface area contributed by atoms with Gasteiger partial charge in [0.15, 0.2) is 5.11 Å². The molecule has 0 spiro atoms. The molecule has 9 heteroatoms. The number of anilines is 1. The highest BCUT2D eigenvalue weighted by Crippen LogP contribution is 2.39. The van der Waals surface area contributed by atoms with Gasteiger partial charge in [0.25, 0.3) is 5.89 Å². The number of thiocarbonyl (C=S) groups is 1. The number of hydrogen-bond donors (Lipinski definition) is 1. The first-order valence-corrected chi connectivity index (χ1v) is 11.1. The van der Waals surface area contributed by atoms with E-state index in [1.165, 1.54) is 24.3 Å². The lowest BCUT2D eigenvalue weighted by Gasteiger charge is -2.37. The predicted molar refractivity (Wildman–Crippen MR) is 131 cm³/mol. The van der Waals surface area contributed by atoms with Crippen molar-refractivity contribution in [3.63, 3.8) is 0 Å². The molecule has 170 valence electrons. The van der Waals surface area contributed by atoms with E-state index in [9.17, 15) is 8.78 Å². The lowest BCUT2D eigenvalue weighted by molar-refractivity contribution is 0.404. The highest BCUT2D eigenvalue weighted by atomic mass is 35.5. The van der Waals surface area contributed by atoms with Crippen LogP contribution in [0.4, 0.5) is 14.5 Å². The summed E-state index contributed by atoms with van der Waals surface area (Å²) in [5, 5.41) is 8.36. The minimum Gasteiger partial charge on any atom is -0.351 e. The lowest BCUT2D eigenvalue weighted by atomic mass is 9.94. The maximum absolute atomic E-state index is 14.1. The molecule has 0 fully saturated rings. The Bertz CT molecular complexity index is 1400. The van der Waals surface area contributed by atoms with Crippen molar-refractivity contribution in [2.45, 2.75) is 13.0 Å². The number of allylic oxidation sites excluding steroid dienone is 1. The van der Waals surface area contributed by atoms with Gasteiger partial charge in [-0.25, -0.2) is 8.78 Å². The molecule has 5 rings (SSSR count). The van der Waals surface area contributed by atoms with Crippen molar-refractivity contribution in [1.82, 2.24) is 15.5 Å². The van der Waals surface area contributed by atoms with E-state index in [0.717, 1.165) is 5.56 Å². The smallest absolute Gasteiger partial charge is 0.258 e. The maximum atomic E-state index is 14.1. The standard InChI is InChI=1S/C25H17ClF2N4OS/c1-14-21(24-30-23(31-33-24)15-5-7-17(26)8-6-15)22(16-3-2-4-19(28)13-16)29-25(34)32(14)20-11-9-18(27)10-12-20/h2-13,22H,1H3,(H,29,34). The molecule has 2 heterocycles. The third kappa shape index (κ3) is 4.18. The summed E-state index contributed by atoms with van der Waals surface area (Å²) < 4.78 is 33.3. The number of rotatable bonds is 4. The number of nitrogens with one attached hydrogen (secondary N) is 1. The first kappa shape index (κ1) is 22.2. The minimum absolute atomic E-state index is 0.249. The first-order chi connectivity index (χ1) is 16.4. The van der Waals surface area contributed by atoms with Gasteiger partial charge >= 0.3 is 0 Å². The number of nitrogens with zero attached hydrogens (tertiary/aromatic N) is 3. The summed E-state index contributed by atoms with van der Waals surface area (Å²) in [5.74, 6) is -0.107. The second-order valence-electron chi connectivity index (χ2n) is 7.68. The van der Waals surface area contributed by atoms with Gasteiger partial charge in [0.05, 0.1) is 11.6 Å². The van der Waals surface area contributed by atoms with E-state index in [-0.39, 0.29) is 17.5 Å². The van der Waals surface area contributed by atoms with Gasteiger partial charge in [-0.2, -0.15) is 4.98 Å². The van der Waals surface area contributed by atoms with Crippen LogP contribution in [-0.4, -0.2) is 15.3 Å². The molecule has 0 radical (unpaired) electrons. The summed E-state index contributed by atoms with van der Waals surface area (Å²) in [5.41, 5.74) is 3.34. The van der Waals surface area contributed by atoms with E-state index < -0.39 is 6.04 Å². The molecule has 34 heavy (non-hydrogen) atoms. The van der Waals surface area contributed by atoms with Crippen molar-refractivity contribution in [2.75, 3.05) is 4.90 Å². The summed E-state index contributed by atoms with van der Waals surface area (Å²) in [6, 6.07) is 18.7. The largest absolute Gasteiger partial charge is 0.351 e. The van der Waals surface area contributed by atoms with Gasteiger partial charge in [-0.1, -0.05) is 28.9 Å². The Hall–Kier alpha value is -3.62. The fraction of sp³-hybridized carbons (Fsp3) is 0.0800. The maximum Gasteiger partial charge on any atom is 0.258 e. The highest BCUT2D eigenvalue weighted by Gasteiger charge is 2.35. The Labute approximate surface area is 204 Å². The van der Waals surface area contributed by atoms with Gasteiger partial charge < -0.3 is 9.84 Å². The molecule has 0 aliphatic carbocycles.